The first-order valence-corrected chi connectivity index (χ1v) is 8.04. The van der Waals surface area contributed by atoms with Gasteiger partial charge in [0, 0.05) is 6.20 Å². The van der Waals surface area contributed by atoms with Crippen molar-refractivity contribution >= 4 is 5.97 Å². The SMILES string of the molecule is CCCc1cn([C@H]2C(F)C(F)(C(=O)O)O[C@@H]([C@H](O)[C@H](O)CO)[C@@H]2N)nn1. The number of aliphatic hydroxyl groups is 3. The first-order chi connectivity index (χ1) is 12.2. The molecule has 10 nitrogen and oxygen atoms in total. The van der Waals surface area contributed by atoms with Crippen LogP contribution in [0.5, 0.6) is 0 Å². The lowest BCUT2D eigenvalue weighted by molar-refractivity contribution is -0.281. The third kappa shape index (κ3) is 3.55. The van der Waals surface area contributed by atoms with Gasteiger partial charge < -0.3 is 30.9 Å². The van der Waals surface area contributed by atoms with Crippen molar-refractivity contribution in [1.29, 1.82) is 0 Å². The topological polar surface area (TPSA) is 164 Å². The lowest BCUT2D eigenvalue weighted by Crippen LogP contribution is -2.67. The number of alkyl halides is 2. The first kappa shape index (κ1) is 20.6. The number of carboxylic acid groups (broad SMARTS) is 1. The molecule has 1 aromatic rings. The molecule has 0 saturated carbocycles. The molecule has 1 saturated heterocycles. The molecule has 2 rings (SSSR count). The fourth-order valence-electron chi connectivity index (χ4n) is 2.88. The summed E-state index contributed by atoms with van der Waals surface area (Å²) < 4.78 is 35.0. The molecule has 1 aliphatic rings. The van der Waals surface area contributed by atoms with Gasteiger partial charge in [0.15, 0.2) is 6.17 Å². The second-order valence-electron chi connectivity index (χ2n) is 6.18. The monoisotopic (exact) mass is 380 g/mol. The minimum Gasteiger partial charge on any atom is -0.477 e. The second-order valence-corrected chi connectivity index (χ2v) is 6.18. The lowest BCUT2D eigenvalue weighted by atomic mass is 9.86. The van der Waals surface area contributed by atoms with E-state index < -0.39 is 55.0 Å². The predicted molar refractivity (Wildman–Crippen MR) is 81.4 cm³/mol. The summed E-state index contributed by atoms with van der Waals surface area (Å²) in [6.45, 7) is 0.949. The fourth-order valence-corrected chi connectivity index (χ4v) is 2.88. The normalized spacial score (nSPS) is 34.4. The van der Waals surface area contributed by atoms with Crippen LogP contribution in [0.4, 0.5) is 8.78 Å². The van der Waals surface area contributed by atoms with Crippen molar-refractivity contribution in [2.75, 3.05) is 6.61 Å². The molecule has 0 radical (unpaired) electrons. The van der Waals surface area contributed by atoms with Crippen molar-refractivity contribution in [2.45, 2.75) is 62.2 Å². The number of ether oxygens (including phenoxy) is 1. The van der Waals surface area contributed by atoms with E-state index in [9.17, 15) is 23.8 Å². The van der Waals surface area contributed by atoms with E-state index in [1.54, 1.807) is 0 Å². The van der Waals surface area contributed by atoms with Crippen molar-refractivity contribution in [2.24, 2.45) is 5.73 Å². The van der Waals surface area contributed by atoms with Crippen LogP contribution in [0.1, 0.15) is 25.1 Å². The van der Waals surface area contributed by atoms with E-state index in [0.29, 0.717) is 18.5 Å². The van der Waals surface area contributed by atoms with Gasteiger partial charge in [0.1, 0.15) is 24.4 Å². The molecular weight excluding hydrogens is 358 g/mol. The molecular formula is C14H22F2N4O6. The molecule has 1 aromatic heterocycles. The Bertz CT molecular complexity index is 634. The van der Waals surface area contributed by atoms with Crippen molar-refractivity contribution < 1.29 is 38.7 Å². The zero-order valence-electron chi connectivity index (χ0n) is 13.9. The largest absolute Gasteiger partial charge is 0.477 e. The third-order valence-corrected chi connectivity index (χ3v) is 4.31. The minimum absolute atomic E-state index is 0.464. The van der Waals surface area contributed by atoms with Crippen LogP contribution in [0, 0.1) is 0 Å². The summed E-state index contributed by atoms with van der Waals surface area (Å²) in [7, 11) is 0. The van der Waals surface area contributed by atoms with Crippen LogP contribution < -0.4 is 5.73 Å². The maximum atomic E-state index is 14.8. The van der Waals surface area contributed by atoms with E-state index in [0.717, 1.165) is 4.68 Å². The molecule has 26 heavy (non-hydrogen) atoms. The molecule has 6 N–H and O–H groups in total. The van der Waals surface area contributed by atoms with E-state index in [4.69, 9.17) is 15.9 Å². The molecule has 12 heteroatoms. The molecule has 148 valence electrons. The maximum absolute atomic E-state index is 14.8. The van der Waals surface area contributed by atoms with Crippen LogP contribution in [0.15, 0.2) is 6.20 Å². The molecule has 7 atom stereocenters. The zero-order valence-corrected chi connectivity index (χ0v) is 13.9. The Morgan fingerprint density at radius 3 is 2.73 bits per heavy atom. The van der Waals surface area contributed by atoms with Gasteiger partial charge in [-0.2, -0.15) is 4.39 Å². The summed E-state index contributed by atoms with van der Waals surface area (Å²) in [6, 6.07) is -3.16. The van der Waals surface area contributed by atoms with Gasteiger partial charge in [0.05, 0.1) is 18.3 Å². The molecule has 0 aliphatic carbocycles. The molecule has 1 aliphatic heterocycles. The summed E-state index contributed by atoms with van der Waals surface area (Å²) >= 11 is 0. The summed E-state index contributed by atoms with van der Waals surface area (Å²) in [4.78, 5) is 11.3. The molecule has 0 amide bonds. The number of aromatic nitrogens is 3. The van der Waals surface area contributed by atoms with Gasteiger partial charge in [-0.05, 0) is 6.42 Å². The highest BCUT2D eigenvalue weighted by Crippen LogP contribution is 2.40. The van der Waals surface area contributed by atoms with Gasteiger partial charge in [-0.15, -0.1) is 5.10 Å². The Labute approximate surface area is 147 Å². The number of carboxylic acids is 1. The van der Waals surface area contributed by atoms with E-state index in [-0.39, 0.29) is 0 Å². The van der Waals surface area contributed by atoms with Gasteiger partial charge in [-0.1, -0.05) is 18.6 Å². The zero-order chi connectivity index (χ0) is 19.6. The van der Waals surface area contributed by atoms with E-state index in [1.165, 1.54) is 6.20 Å². The number of nitrogens with two attached hydrogens (primary N) is 1. The fraction of sp³-hybridized carbons (Fsp3) is 0.786. The van der Waals surface area contributed by atoms with Crippen molar-refractivity contribution in [3.63, 3.8) is 0 Å². The molecule has 0 bridgehead atoms. The number of aryl methyl sites for hydroxylation is 1. The van der Waals surface area contributed by atoms with Crippen LogP contribution in [0.2, 0.25) is 0 Å². The highest BCUT2D eigenvalue weighted by atomic mass is 19.2. The summed E-state index contributed by atoms with van der Waals surface area (Å²) in [5.74, 6) is -6.09. The van der Waals surface area contributed by atoms with Crippen LogP contribution >= 0.6 is 0 Å². The Morgan fingerprint density at radius 1 is 1.54 bits per heavy atom. The molecule has 0 spiro atoms. The van der Waals surface area contributed by atoms with E-state index >= 15 is 0 Å². The van der Waals surface area contributed by atoms with E-state index in [2.05, 4.69) is 15.0 Å². The average Bonchev–Trinajstić information content (AvgIpc) is 3.05. The number of aliphatic hydroxyl groups excluding tert-OH is 3. The Balaban J connectivity index is 2.44. The van der Waals surface area contributed by atoms with Gasteiger partial charge in [0.25, 0.3) is 0 Å². The Kier molecular flexibility index (Phi) is 6.24. The summed E-state index contributed by atoms with van der Waals surface area (Å²) in [6.07, 6.45) is -5.82. The van der Waals surface area contributed by atoms with Gasteiger partial charge in [0.2, 0.25) is 0 Å². The second kappa shape index (κ2) is 7.88. The van der Waals surface area contributed by atoms with Gasteiger partial charge in [-0.25, -0.2) is 13.9 Å². The number of nitrogens with zero attached hydrogens (tertiary/aromatic N) is 3. The summed E-state index contributed by atoms with van der Waals surface area (Å²) in [5.41, 5.74) is 6.34. The predicted octanol–water partition coefficient (Wildman–Crippen LogP) is -1.70. The number of carbonyl (C=O) groups is 1. The first-order valence-electron chi connectivity index (χ1n) is 8.04. The van der Waals surface area contributed by atoms with Crippen LogP contribution in [0.3, 0.4) is 0 Å². The minimum atomic E-state index is -3.84. The smallest absolute Gasteiger partial charge is 0.372 e. The van der Waals surface area contributed by atoms with Gasteiger partial charge >= 0.3 is 11.8 Å². The van der Waals surface area contributed by atoms with Crippen molar-refractivity contribution in [1.82, 2.24) is 15.0 Å². The highest BCUT2D eigenvalue weighted by molar-refractivity contribution is 5.76. The van der Waals surface area contributed by atoms with Crippen LogP contribution in [-0.2, 0) is 16.0 Å². The van der Waals surface area contributed by atoms with Crippen LogP contribution in [-0.4, -0.2) is 84.4 Å². The molecule has 2 unspecified atom stereocenters. The van der Waals surface area contributed by atoms with Crippen molar-refractivity contribution in [3.05, 3.63) is 11.9 Å². The van der Waals surface area contributed by atoms with Crippen molar-refractivity contribution in [3.8, 4) is 0 Å². The Hall–Kier alpha value is -1.73. The van der Waals surface area contributed by atoms with E-state index in [1.807, 2.05) is 6.92 Å². The molecule has 2 heterocycles. The standard InChI is InChI=1S/C14H22F2N4O6/c1-2-3-6-4-20(19-18-6)9-8(17)11(10(23)7(22)5-21)26-14(16,12(9)15)13(24)25/h4,7-12,21-23H,2-3,5,17H2,1H3,(H,24,25)/t7-,8-,9-,10-,11-,12?,14?/m1/s1. The maximum Gasteiger partial charge on any atom is 0.372 e. The number of rotatable bonds is 7. The van der Waals surface area contributed by atoms with Crippen LogP contribution in [0.25, 0.3) is 0 Å². The molecule has 0 aromatic carbocycles. The third-order valence-electron chi connectivity index (χ3n) is 4.31. The average molecular weight is 380 g/mol. The number of aliphatic carboxylic acids is 1. The highest BCUT2D eigenvalue weighted by Gasteiger charge is 2.63. The molecule has 1 fully saturated rings. The number of hydrogen-bond donors (Lipinski definition) is 5. The lowest BCUT2D eigenvalue weighted by Gasteiger charge is -2.45. The quantitative estimate of drug-likeness (QED) is 0.371. The number of halogens is 2. The Morgan fingerprint density at radius 2 is 2.19 bits per heavy atom. The summed E-state index contributed by atoms with van der Waals surface area (Å²) in [5, 5.41) is 45.1. The van der Waals surface area contributed by atoms with Gasteiger partial charge in [-0.3, -0.25) is 0 Å². The number of hydrogen-bond acceptors (Lipinski definition) is 8.